The number of aromatic amines is 1. The SMILES string of the molecule is O=C(Nc1ccc2cn[nH]c2c1)[C@H]1CCCN(CC(F)(F)F)C1. The smallest absolute Gasteiger partial charge is 0.326 e. The lowest BCUT2D eigenvalue weighted by Crippen LogP contribution is -2.44. The monoisotopic (exact) mass is 326 g/mol. The fourth-order valence-electron chi connectivity index (χ4n) is 2.93. The van der Waals surface area contributed by atoms with Crippen molar-refractivity contribution in [2.45, 2.75) is 19.0 Å². The van der Waals surface area contributed by atoms with Crippen molar-refractivity contribution in [2.75, 3.05) is 25.0 Å². The summed E-state index contributed by atoms with van der Waals surface area (Å²) < 4.78 is 37.4. The highest BCUT2D eigenvalue weighted by Crippen LogP contribution is 2.24. The number of benzene rings is 1. The van der Waals surface area contributed by atoms with Gasteiger partial charge in [0.15, 0.2) is 0 Å². The number of carbonyl (C=O) groups excluding carboxylic acids is 1. The first-order valence-corrected chi connectivity index (χ1v) is 7.44. The summed E-state index contributed by atoms with van der Waals surface area (Å²) in [6, 6.07) is 5.34. The van der Waals surface area contributed by atoms with E-state index in [0.717, 1.165) is 10.9 Å². The topological polar surface area (TPSA) is 61.0 Å². The Morgan fingerprint density at radius 3 is 3.04 bits per heavy atom. The number of rotatable bonds is 3. The zero-order valence-electron chi connectivity index (χ0n) is 12.4. The van der Waals surface area contributed by atoms with Gasteiger partial charge in [0.05, 0.1) is 24.2 Å². The zero-order chi connectivity index (χ0) is 16.4. The fourth-order valence-corrected chi connectivity index (χ4v) is 2.93. The van der Waals surface area contributed by atoms with Gasteiger partial charge in [-0.3, -0.25) is 14.8 Å². The molecule has 124 valence electrons. The molecule has 0 saturated carbocycles. The van der Waals surface area contributed by atoms with E-state index >= 15 is 0 Å². The second-order valence-electron chi connectivity index (χ2n) is 5.85. The average molecular weight is 326 g/mol. The number of hydrogen-bond donors (Lipinski definition) is 2. The molecule has 2 heterocycles. The molecule has 2 N–H and O–H groups in total. The van der Waals surface area contributed by atoms with E-state index < -0.39 is 18.6 Å². The lowest BCUT2D eigenvalue weighted by atomic mass is 9.97. The number of anilines is 1. The number of aromatic nitrogens is 2. The Hall–Kier alpha value is -2.09. The van der Waals surface area contributed by atoms with Crippen LogP contribution >= 0.6 is 0 Å². The van der Waals surface area contributed by atoms with Crippen LogP contribution in [0.1, 0.15) is 12.8 Å². The third-order valence-corrected chi connectivity index (χ3v) is 3.99. The van der Waals surface area contributed by atoms with Crippen molar-refractivity contribution in [3.8, 4) is 0 Å². The minimum absolute atomic E-state index is 0.137. The van der Waals surface area contributed by atoms with Gasteiger partial charge in [0, 0.05) is 17.6 Å². The third-order valence-electron chi connectivity index (χ3n) is 3.99. The van der Waals surface area contributed by atoms with Crippen LogP contribution in [0.2, 0.25) is 0 Å². The van der Waals surface area contributed by atoms with E-state index in [1.165, 1.54) is 4.90 Å². The number of H-pyrrole nitrogens is 1. The molecule has 0 bridgehead atoms. The van der Waals surface area contributed by atoms with Crippen LogP contribution < -0.4 is 5.32 Å². The number of alkyl halides is 3. The predicted octanol–water partition coefficient (Wildman–Crippen LogP) is 2.78. The molecule has 0 unspecified atom stereocenters. The van der Waals surface area contributed by atoms with Crippen molar-refractivity contribution in [2.24, 2.45) is 5.92 Å². The summed E-state index contributed by atoms with van der Waals surface area (Å²) in [5, 5.41) is 10.4. The normalized spacial score (nSPS) is 19.9. The summed E-state index contributed by atoms with van der Waals surface area (Å²) in [6.07, 6.45) is -1.36. The first-order valence-electron chi connectivity index (χ1n) is 7.44. The number of nitrogens with one attached hydrogen (secondary N) is 2. The predicted molar refractivity (Wildman–Crippen MR) is 79.9 cm³/mol. The number of carbonyl (C=O) groups is 1. The molecule has 1 fully saturated rings. The van der Waals surface area contributed by atoms with Gasteiger partial charge in [-0.25, -0.2) is 0 Å². The molecule has 2 aromatic rings. The van der Waals surface area contributed by atoms with Crippen LogP contribution in [0.3, 0.4) is 0 Å². The summed E-state index contributed by atoms with van der Waals surface area (Å²) in [4.78, 5) is 13.6. The third kappa shape index (κ3) is 4.01. The number of halogens is 3. The van der Waals surface area contributed by atoms with Gasteiger partial charge in [-0.2, -0.15) is 18.3 Å². The van der Waals surface area contributed by atoms with E-state index in [0.29, 0.717) is 25.1 Å². The van der Waals surface area contributed by atoms with Gasteiger partial charge in [0.25, 0.3) is 0 Å². The highest BCUT2D eigenvalue weighted by atomic mass is 19.4. The molecule has 5 nitrogen and oxygen atoms in total. The van der Waals surface area contributed by atoms with Crippen LogP contribution in [0, 0.1) is 5.92 Å². The second kappa shape index (κ2) is 6.19. The molecule has 1 aliphatic rings. The minimum Gasteiger partial charge on any atom is -0.326 e. The van der Waals surface area contributed by atoms with Gasteiger partial charge in [0.2, 0.25) is 5.91 Å². The molecule has 1 saturated heterocycles. The molecule has 8 heteroatoms. The number of fused-ring (bicyclic) bond motifs is 1. The molecule has 0 aliphatic carbocycles. The first-order chi connectivity index (χ1) is 10.9. The van der Waals surface area contributed by atoms with Gasteiger partial charge >= 0.3 is 6.18 Å². The highest BCUT2D eigenvalue weighted by Gasteiger charge is 2.34. The highest BCUT2D eigenvalue weighted by molar-refractivity contribution is 5.95. The maximum atomic E-state index is 12.5. The van der Waals surface area contributed by atoms with Crippen LogP contribution in [0.15, 0.2) is 24.4 Å². The molecule has 1 aromatic heterocycles. The lowest BCUT2D eigenvalue weighted by Gasteiger charge is -2.32. The Balaban J connectivity index is 1.62. The fraction of sp³-hybridized carbons (Fsp3) is 0.467. The maximum Gasteiger partial charge on any atom is 0.401 e. The molecule has 1 atom stereocenters. The van der Waals surface area contributed by atoms with Gasteiger partial charge < -0.3 is 5.32 Å². The molecule has 0 radical (unpaired) electrons. The molecule has 23 heavy (non-hydrogen) atoms. The van der Waals surface area contributed by atoms with E-state index in [9.17, 15) is 18.0 Å². The first kappa shape index (κ1) is 15.8. The Morgan fingerprint density at radius 1 is 1.43 bits per heavy atom. The van der Waals surface area contributed by atoms with Crippen molar-refractivity contribution in [1.82, 2.24) is 15.1 Å². The number of nitrogens with zero attached hydrogens (tertiary/aromatic N) is 2. The van der Waals surface area contributed by atoms with E-state index in [-0.39, 0.29) is 12.5 Å². The number of hydrogen-bond acceptors (Lipinski definition) is 3. The summed E-state index contributed by atoms with van der Waals surface area (Å²) in [5.41, 5.74) is 1.41. The van der Waals surface area contributed by atoms with Crippen molar-refractivity contribution in [1.29, 1.82) is 0 Å². The molecular weight excluding hydrogens is 309 g/mol. The van der Waals surface area contributed by atoms with Gasteiger partial charge in [-0.15, -0.1) is 0 Å². The molecular formula is C15H17F3N4O. The van der Waals surface area contributed by atoms with Crippen LogP contribution in [0.25, 0.3) is 10.9 Å². The summed E-state index contributed by atoms with van der Waals surface area (Å²) in [7, 11) is 0. The Labute approximate surface area is 130 Å². The van der Waals surface area contributed by atoms with Crippen LogP contribution in [0.4, 0.5) is 18.9 Å². The van der Waals surface area contributed by atoms with Crippen LogP contribution in [0.5, 0.6) is 0 Å². The molecule has 3 rings (SSSR count). The molecule has 1 amide bonds. The van der Waals surface area contributed by atoms with Gasteiger partial charge in [-0.05, 0) is 37.6 Å². The lowest BCUT2D eigenvalue weighted by molar-refractivity contribution is -0.151. The Morgan fingerprint density at radius 2 is 2.26 bits per heavy atom. The zero-order valence-corrected chi connectivity index (χ0v) is 12.4. The number of amides is 1. The number of likely N-dealkylation sites (tertiary alicyclic amines) is 1. The molecule has 1 aromatic carbocycles. The van der Waals surface area contributed by atoms with Crippen molar-refractivity contribution >= 4 is 22.5 Å². The van der Waals surface area contributed by atoms with E-state index in [1.807, 2.05) is 6.07 Å². The molecule has 1 aliphatic heterocycles. The summed E-state index contributed by atoms with van der Waals surface area (Å²) >= 11 is 0. The molecule has 0 spiro atoms. The Kier molecular flexibility index (Phi) is 4.25. The standard InChI is InChI=1S/C15H17F3N4O/c16-15(17,18)9-22-5-1-2-11(8-22)14(23)20-12-4-3-10-7-19-21-13(10)6-12/h3-4,6-7,11H,1-2,5,8-9H2,(H,19,21)(H,20,23)/t11-/m0/s1. The second-order valence-corrected chi connectivity index (χ2v) is 5.85. The van der Waals surface area contributed by atoms with E-state index in [4.69, 9.17) is 0 Å². The van der Waals surface area contributed by atoms with E-state index in [1.54, 1.807) is 18.3 Å². The van der Waals surface area contributed by atoms with Gasteiger partial charge in [0.1, 0.15) is 0 Å². The summed E-state index contributed by atoms with van der Waals surface area (Å²) in [5.74, 6) is -0.667. The minimum atomic E-state index is -4.23. The quantitative estimate of drug-likeness (QED) is 0.912. The van der Waals surface area contributed by atoms with Crippen molar-refractivity contribution in [3.05, 3.63) is 24.4 Å². The van der Waals surface area contributed by atoms with Crippen LogP contribution in [-0.4, -0.2) is 46.8 Å². The van der Waals surface area contributed by atoms with Crippen molar-refractivity contribution in [3.63, 3.8) is 0 Å². The van der Waals surface area contributed by atoms with Gasteiger partial charge in [-0.1, -0.05) is 0 Å². The average Bonchev–Trinajstić information content (AvgIpc) is 2.93. The van der Waals surface area contributed by atoms with Crippen LogP contribution in [-0.2, 0) is 4.79 Å². The van der Waals surface area contributed by atoms with Crippen molar-refractivity contribution < 1.29 is 18.0 Å². The maximum absolute atomic E-state index is 12.5. The largest absolute Gasteiger partial charge is 0.401 e. The summed E-state index contributed by atoms with van der Waals surface area (Å²) in [6.45, 7) is -0.447. The van der Waals surface area contributed by atoms with E-state index in [2.05, 4.69) is 15.5 Å². The number of piperidine rings is 1. The Bertz CT molecular complexity index is 697.